The monoisotopic (exact) mass is 481 g/mol. The first-order valence-corrected chi connectivity index (χ1v) is 11.3. The number of carbonyl (C=O) groups is 2. The number of aryl methyl sites for hydroxylation is 1. The van der Waals surface area contributed by atoms with E-state index >= 15 is 0 Å². The van der Waals surface area contributed by atoms with Crippen LogP contribution in [0.25, 0.3) is 0 Å². The van der Waals surface area contributed by atoms with E-state index in [9.17, 15) is 9.59 Å². The molecule has 3 aromatic rings. The van der Waals surface area contributed by atoms with E-state index in [1.807, 2.05) is 18.2 Å². The molecular weight excluding hydrogens is 458 g/mol. The maximum atomic E-state index is 12.4. The zero-order chi connectivity index (χ0) is 23.9. The first-order chi connectivity index (χ1) is 16.5. The van der Waals surface area contributed by atoms with Gasteiger partial charge in [-0.15, -0.1) is 0 Å². The highest BCUT2D eigenvalue weighted by Gasteiger charge is 2.27. The van der Waals surface area contributed by atoms with Crippen LogP contribution in [0.1, 0.15) is 40.4 Å². The molecule has 8 heteroatoms. The molecule has 1 amide bonds. The SMILES string of the molecule is O=C(O)OC1CCOc2cc(Oc3ccc(C(=O)NCCCc4ccccc4)cc3)c(Cl)cc21. The van der Waals surface area contributed by atoms with Gasteiger partial charge in [0.05, 0.1) is 11.6 Å². The Kier molecular flexibility index (Phi) is 7.54. The van der Waals surface area contributed by atoms with Gasteiger partial charge in [0.15, 0.2) is 0 Å². The standard InChI is InChI=1S/C26H24ClNO6/c27-21-15-20-22(34-26(30)31)12-14-32-23(20)16-24(21)33-19-10-8-18(9-11-19)25(29)28-13-4-7-17-5-2-1-3-6-17/h1-3,5-6,8-11,15-16,22H,4,7,12-14H2,(H,28,29)(H,30,31). The number of benzene rings is 3. The van der Waals surface area contributed by atoms with E-state index in [0.717, 1.165) is 12.8 Å². The zero-order valence-corrected chi connectivity index (χ0v) is 19.1. The van der Waals surface area contributed by atoms with E-state index in [0.29, 0.717) is 53.0 Å². The predicted octanol–water partition coefficient (Wildman–Crippen LogP) is 6.01. The van der Waals surface area contributed by atoms with Gasteiger partial charge in [0.1, 0.15) is 23.4 Å². The van der Waals surface area contributed by atoms with E-state index in [2.05, 4.69) is 17.4 Å². The molecule has 2 N–H and O–H groups in total. The van der Waals surface area contributed by atoms with Crippen LogP contribution in [0.4, 0.5) is 4.79 Å². The number of fused-ring (bicyclic) bond motifs is 1. The van der Waals surface area contributed by atoms with Crippen molar-refractivity contribution in [3.05, 3.63) is 88.4 Å². The first kappa shape index (κ1) is 23.4. The highest BCUT2D eigenvalue weighted by Crippen LogP contribution is 2.42. The van der Waals surface area contributed by atoms with Crippen molar-refractivity contribution < 1.29 is 28.9 Å². The van der Waals surface area contributed by atoms with Crippen molar-refractivity contribution in [1.82, 2.24) is 5.32 Å². The van der Waals surface area contributed by atoms with Gasteiger partial charge in [-0.3, -0.25) is 4.79 Å². The molecule has 0 saturated carbocycles. The number of ether oxygens (including phenoxy) is 3. The van der Waals surface area contributed by atoms with Crippen LogP contribution in [-0.4, -0.2) is 30.3 Å². The fourth-order valence-corrected chi connectivity index (χ4v) is 3.93. The number of amides is 1. The smallest absolute Gasteiger partial charge is 0.493 e. The third kappa shape index (κ3) is 5.99. The topological polar surface area (TPSA) is 94.1 Å². The molecule has 1 heterocycles. The van der Waals surface area contributed by atoms with Gasteiger partial charge in [0.2, 0.25) is 0 Å². The molecule has 0 bridgehead atoms. The third-order valence-corrected chi connectivity index (χ3v) is 5.70. The normalized spacial score (nSPS) is 14.4. The fraction of sp³-hybridized carbons (Fsp3) is 0.231. The largest absolute Gasteiger partial charge is 0.506 e. The minimum atomic E-state index is -1.35. The van der Waals surface area contributed by atoms with Gasteiger partial charge in [0, 0.05) is 30.2 Å². The van der Waals surface area contributed by atoms with Gasteiger partial charge in [0.25, 0.3) is 5.91 Å². The van der Waals surface area contributed by atoms with Crippen molar-refractivity contribution in [2.75, 3.05) is 13.2 Å². The summed E-state index contributed by atoms with van der Waals surface area (Å²) in [5.74, 6) is 1.17. The number of hydrogen-bond acceptors (Lipinski definition) is 5. The number of carbonyl (C=O) groups excluding carboxylic acids is 1. The Hall–Kier alpha value is -3.71. The lowest BCUT2D eigenvalue weighted by molar-refractivity contribution is 0.0326. The summed E-state index contributed by atoms with van der Waals surface area (Å²) in [6.07, 6.45) is 0.176. The van der Waals surface area contributed by atoms with Crippen LogP contribution in [-0.2, 0) is 11.2 Å². The van der Waals surface area contributed by atoms with Crippen molar-refractivity contribution in [2.24, 2.45) is 0 Å². The number of halogens is 1. The summed E-state index contributed by atoms with van der Waals surface area (Å²) < 4.78 is 16.4. The van der Waals surface area contributed by atoms with Gasteiger partial charge in [-0.05, 0) is 48.7 Å². The highest BCUT2D eigenvalue weighted by atomic mass is 35.5. The minimum absolute atomic E-state index is 0.149. The molecule has 7 nitrogen and oxygen atoms in total. The van der Waals surface area contributed by atoms with Crippen LogP contribution < -0.4 is 14.8 Å². The molecule has 176 valence electrons. The Labute approximate surface area is 202 Å². The molecule has 0 fully saturated rings. The van der Waals surface area contributed by atoms with Crippen LogP contribution in [0.2, 0.25) is 5.02 Å². The number of rotatable bonds is 8. The summed E-state index contributed by atoms with van der Waals surface area (Å²) in [5, 5.41) is 12.2. The summed E-state index contributed by atoms with van der Waals surface area (Å²) in [6.45, 7) is 0.907. The summed E-state index contributed by atoms with van der Waals surface area (Å²) >= 11 is 6.36. The highest BCUT2D eigenvalue weighted by molar-refractivity contribution is 6.32. The van der Waals surface area contributed by atoms with Gasteiger partial charge in [-0.2, -0.15) is 0 Å². The van der Waals surface area contributed by atoms with Gasteiger partial charge >= 0.3 is 6.16 Å². The first-order valence-electron chi connectivity index (χ1n) is 11.0. The molecular formula is C26H24ClNO6. The number of nitrogens with one attached hydrogen (secondary N) is 1. The summed E-state index contributed by atoms with van der Waals surface area (Å²) in [6, 6.07) is 20.1. The second-order valence-corrected chi connectivity index (χ2v) is 8.21. The molecule has 0 spiro atoms. The zero-order valence-electron chi connectivity index (χ0n) is 18.3. The Balaban J connectivity index is 1.34. The van der Waals surface area contributed by atoms with E-state index in [1.165, 1.54) is 5.56 Å². The molecule has 0 aliphatic carbocycles. The Bertz CT molecular complexity index is 1150. The average Bonchev–Trinajstić information content (AvgIpc) is 2.83. The van der Waals surface area contributed by atoms with Gasteiger partial charge < -0.3 is 24.6 Å². The molecule has 1 aliphatic rings. The summed E-state index contributed by atoms with van der Waals surface area (Å²) in [7, 11) is 0. The van der Waals surface area contributed by atoms with E-state index < -0.39 is 12.3 Å². The lowest BCUT2D eigenvalue weighted by Crippen LogP contribution is -2.24. The van der Waals surface area contributed by atoms with E-state index in [4.69, 9.17) is 30.9 Å². The van der Waals surface area contributed by atoms with Crippen molar-refractivity contribution in [3.8, 4) is 17.2 Å². The van der Waals surface area contributed by atoms with Crippen molar-refractivity contribution in [1.29, 1.82) is 0 Å². The summed E-state index contributed by atoms with van der Waals surface area (Å²) in [4.78, 5) is 23.3. The Morgan fingerprint density at radius 1 is 1.09 bits per heavy atom. The fourth-order valence-electron chi connectivity index (χ4n) is 3.72. The van der Waals surface area contributed by atoms with Crippen LogP contribution in [0.5, 0.6) is 17.2 Å². The second kappa shape index (κ2) is 10.9. The summed E-state index contributed by atoms with van der Waals surface area (Å²) in [5.41, 5.74) is 2.33. The van der Waals surface area contributed by atoms with Crippen LogP contribution in [0.3, 0.4) is 0 Å². The Morgan fingerprint density at radius 2 is 1.85 bits per heavy atom. The molecule has 1 atom stereocenters. The average molecular weight is 482 g/mol. The van der Waals surface area contributed by atoms with E-state index in [1.54, 1.807) is 36.4 Å². The quantitative estimate of drug-likeness (QED) is 0.302. The molecule has 4 rings (SSSR count). The molecule has 1 unspecified atom stereocenters. The maximum Gasteiger partial charge on any atom is 0.506 e. The number of carboxylic acid groups (broad SMARTS) is 1. The third-order valence-electron chi connectivity index (χ3n) is 5.41. The predicted molar refractivity (Wildman–Crippen MR) is 127 cm³/mol. The van der Waals surface area contributed by atoms with E-state index in [-0.39, 0.29) is 5.91 Å². The molecule has 0 radical (unpaired) electrons. The minimum Gasteiger partial charge on any atom is -0.493 e. The lowest BCUT2D eigenvalue weighted by atomic mass is 10.0. The lowest BCUT2D eigenvalue weighted by Gasteiger charge is -2.25. The molecule has 0 saturated heterocycles. The van der Waals surface area contributed by atoms with Crippen molar-refractivity contribution in [2.45, 2.75) is 25.4 Å². The van der Waals surface area contributed by atoms with Crippen molar-refractivity contribution in [3.63, 3.8) is 0 Å². The Morgan fingerprint density at radius 3 is 2.59 bits per heavy atom. The molecule has 34 heavy (non-hydrogen) atoms. The van der Waals surface area contributed by atoms with Gasteiger partial charge in [-0.25, -0.2) is 4.79 Å². The van der Waals surface area contributed by atoms with Gasteiger partial charge in [-0.1, -0.05) is 41.9 Å². The van der Waals surface area contributed by atoms with Crippen LogP contribution in [0.15, 0.2) is 66.7 Å². The van der Waals surface area contributed by atoms with Crippen molar-refractivity contribution >= 4 is 23.7 Å². The van der Waals surface area contributed by atoms with Crippen LogP contribution >= 0.6 is 11.6 Å². The molecule has 3 aromatic carbocycles. The second-order valence-electron chi connectivity index (χ2n) is 7.80. The van der Waals surface area contributed by atoms with Crippen LogP contribution in [0, 0.1) is 0 Å². The molecule has 0 aromatic heterocycles. The number of hydrogen-bond donors (Lipinski definition) is 2. The molecule has 1 aliphatic heterocycles. The maximum absolute atomic E-state index is 12.4.